The van der Waals surface area contributed by atoms with Gasteiger partial charge in [-0.1, -0.05) is 50.3 Å². The van der Waals surface area contributed by atoms with Gasteiger partial charge < -0.3 is 4.74 Å². The van der Waals surface area contributed by atoms with Crippen LogP contribution in [0.15, 0.2) is 53.6 Å². The molecule has 0 spiro atoms. The lowest BCUT2D eigenvalue weighted by atomic mass is 10.1. The van der Waals surface area contributed by atoms with Gasteiger partial charge >= 0.3 is 5.97 Å². The summed E-state index contributed by atoms with van der Waals surface area (Å²) in [4.78, 5) is 23.8. The first-order chi connectivity index (χ1) is 13.6. The molecule has 0 aromatic heterocycles. The van der Waals surface area contributed by atoms with Crippen molar-refractivity contribution >= 4 is 18.1 Å². The van der Waals surface area contributed by atoms with Crippen molar-refractivity contribution < 1.29 is 14.3 Å². The van der Waals surface area contributed by atoms with E-state index in [0.717, 1.165) is 24.0 Å². The molecule has 0 atom stereocenters. The summed E-state index contributed by atoms with van der Waals surface area (Å²) >= 11 is 0. The molecule has 0 heterocycles. The Labute approximate surface area is 166 Å². The van der Waals surface area contributed by atoms with Gasteiger partial charge in [-0.05, 0) is 55.3 Å². The number of esters is 1. The molecular formula is C23H28N2O3. The van der Waals surface area contributed by atoms with Gasteiger partial charge in [0.2, 0.25) is 5.91 Å². The minimum atomic E-state index is -0.396. The third-order valence-corrected chi connectivity index (χ3v) is 4.29. The molecule has 0 fully saturated rings. The van der Waals surface area contributed by atoms with Crippen LogP contribution in [0, 0.1) is 6.92 Å². The van der Waals surface area contributed by atoms with Gasteiger partial charge in [-0.2, -0.15) is 5.10 Å². The fourth-order valence-electron chi connectivity index (χ4n) is 2.60. The van der Waals surface area contributed by atoms with Crippen LogP contribution in [-0.4, -0.2) is 18.1 Å². The SMILES string of the molecule is CCCCCCCC(=O)NN=Cc1ccc(OC(=O)c2ccc(C)cc2)cc1. The highest BCUT2D eigenvalue weighted by Crippen LogP contribution is 2.14. The average molecular weight is 380 g/mol. The van der Waals surface area contributed by atoms with E-state index in [1.165, 1.54) is 19.3 Å². The summed E-state index contributed by atoms with van der Waals surface area (Å²) in [7, 11) is 0. The largest absolute Gasteiger partial charge is 0.423 e. The molecule has 5 nitrogen and oxygen atoms in total. The van der Waals surface area contributed by atoms with E-state index < -0.39 is 5.97 Å². The molecule has 0 bridgehead atoms. The van der Waals surface area contributed by atoms with Crippen molar-refractivity contribution in [3.05, 3.63) is 65.2 Å². The molecule has 148 valence electrons. The van der Waals surface area contributed by atoms with E-state index in [0.29, 0.717) is 17.7 Å². The number of amides is 1. The second-order valence-electron chi connectivity index (χ2n) is 6.78. The average Bonchev–Trinajstić information content (AvgIpc) is 2.69. The maximum Gasteiger partial charge on any atom is 0.343 e. The molecule has 2 aromatic rings. The van der Waals surface area contributed by atoms with E-state index in [2.05, 4.69) is 17.5 Å². The molecular weight excluding hydrogens is 352 g/mol. The van der Waals surface area contributed by atoms with Crippen molar-refractivity contribution in [1.82, 2.24) is 5.43 Å². The monoisotopic (exact) mass is 380 g/mol. The number of hydrogen-bond donors (Lipinski definition) is 1. The summed E-state index contributed by atoms with van der Waals surface area (Å²) in [6.45, 7) is 4.13. The fourth-order valence-corrected chi connectivity index (χ4v) is 2.60. The lowest BCUT2D eigenvalue weighted by molar-refractivity contribution is -0.121. The molecule has 0 radical (unpaired) electrons. The van der Waals surface area contributed by atoms with Crippen LogP contribution in [0.25, 0.3) is 0 Å². The zero-order valence-electron chi connectivity index (χ0n) is 16.6. The summed E-state index contributed by atoms with van der Waals surface area (Å²) < 4.78 is 5.36. The highest BCUT2D eigenvalue weighted by Gasteiger charge is 2.08. The quantitative estimate of drug-likeness (QED) is 0.207. The Morgan fingerprint density at radius 3 is 2.32 bits per heavy atom. The van der Waals surface area contributed by atoms with Crippen molar-refractivity contribution in [2.45, 2.75) is 52.4 Å². The van der Waals surface area contributed by atoms with Gasteiger partial charge in [0.05, 0.1) is 11.8 Å². The van der Waals surface area contributed by atoms with Gasteiger partial charge in [-0.25, -0.2) is 10.2 Å². The fraction of sp³-hybridized carbons (Fsp3) is 0.348. The molecule has 1 amide bonds. The summed E-state index contributed by atoms with van der Waals surface area (Å²) in [6, 6.07) is 14.2. The number of nitrogens with zero attached hydrogens (tertiary/aromatic N) is 1. The number of carbonyl (C=O) groups excluding carboxylic acids is 2. The number of unbranched alkanes of at least 4 members (excludes halogenated alkanes) is 4. The van der Waals surface area contributed by atoms with E-state index in [-0.39, 0.29) is 5.91 Å². The molecule has 0 aliphatic heterocycles. The first kappa shape index (κ1) is 21.4. The lowest BCUT2D eigenvalue weighted by Crippen LogP contribution is -2.16. The molecule has 2 aromatic carbocycles. The Morgan fingerprint density at radius 1 is 0.964 bits per heavy atom. The second-order valence-corrected chi connectivity index (χ2v) is 6.78. The van der Waals surface area contributed by atoms with Gasteiger partial charge in [-0.3, -0.25) is 4.79 Å². The zero-order chi connectivity index (χ0) is 20.2. The number of rotatable bonds is 10. The van der Waals surface area contributed by atoms with E-state index in [1.54, 1.807) is 42.6 Å². The number of benzene rings is 2. The second kappa shape index (κ2) is 11.7. The van der Waals surface area contributed by atoms with Crippen LogP contribution in [0.5, 0.6) is 5.75 Å². The molecule has 0 saturated carbocycles. The van der Waals surface area contributed by atoms with Crippen molar-refractivity contribution in [1.29, 1.82) is 0 Å². The van der Waals surface area contributed by atoms with Gasteiger partial charge in [0.25, 0.3) is 0 Å². The maximum atomic E-state index is 12.1. The van der Waals surface area contributed by atoms with Gasteiger partial charge in [0.1, 0.15) is 5.75 Å². The van der Waals surface area contributed by atoms with Crippen molar-refractivity contribution in [3.63, 3.8) is 0 Å². The third kappa shape index (κ3) is 7.74. The van der Waals surface area contributed by atoms with Crippen LogP contribution >= 0.6 is 0 Å². The number of hydrogen-bond acceptors (Lipinski definition) is 4. The summed E-state index contributed by atoms with van der Waals surface area (Å²) in [5.41, 5.74) is 4.94. The molecule has 0 aliphatic carbocycles. The summed E-state index contributed by atoms with van der Waals surface area (Å²) in [5, 5.41) is 3.97. The Balaban J connectivity index is 1.75. The molecule has 2 rings (SSSR count). The number of carbonyl (C=O) groups is 2. The molecule has 5 heteroatoms. The smallest absolute Gasteiger partial charge is 0.343 e. The van der Waals surface area contributed by atoms with E-state index >= 15 is 0 Å². The van der Waals surface area contributed by atoms with Gasteiger partial charge in [0, 0.05) is 6.42 Å². The molecule has 0 unspecified atom stereocenters. The Kier molecular flexibility index (Phi) is 8.92. The molecule has 28 heavy (non-hydrogen) atoms. The van der Waals surface area contributed by atoms with Gasteiger partial charge in [-0.15, -0.1) is 0 Å². The van der Waals surface area contributed by atoms with E-state index in [4.69, 9.17) is 4.74 Å². The normalized spacial score (nSPS) is 10.8. The topological polar surface area (TPSA) is 67.8 Å². The molecule has 0 saturated heterocycles. The Morgan fingerprint density at radius 2 is 1.64 bits per heavy atom. The Hall–Kier alpha value is -2.95. The van der Waals surface area contributed by atoms with Crippen LogP contribution in [0.1, 0.15) is 66.9 Å². The minimum Gasteiger partial charge on any atom is -0.423 e. The first-order valence-corrected chi connectivity index (χ1v) is 9.79. The summed E-state index contributed by atoms with van der Waals surface area (Å²) in [5.74, 6) is -0.0112. The predicted octanol–water partition coefficient (Wildman–Crippen LogP) is 5.02. The van der Waals surface area contributed by atoms with Crippen molar-refractivity contribution in [2.24, 2.45) is 5.10 Å². The van der Waals surface area contributed by atoms with Crippen LogP contribution in [-0.2, 0) is 4.79 Å². The number of hydrazone groups is 1. The predicted molar refractivity (Wildman–Crippen MR) is 112 cm³/mol. The molecule has 0 aliphatic rings. The highest BCUT2D eigenvalue weighted by molar-refractivity contribution is 5.91. The van der Waals surface area contributed by atoms with Crippen LogP contribution in [0.2, 0.25) is 0 Å². The highest BCUT2D eigenvalue weighted by atomic mass is 16.5. The van der Waals surface area contributed by atoms with Crippen molar-refractivity contribution in [2.75, 3.05) is 0 Å². The lowest BCUT2D eigenvalue weighted by Gasteiger charge is -2.05. The van der Waals surface area contributed by atoms with Crippen molar-refractivity contribution in [3.8, 4) is 5.75 Å². The third-order valence-electron chi connectivity index (χ3n) is 4.29. The zero-order valence-corrected chi connectivity index (χ0v) is 16.6. The van der Waals surface area contributed by atoms with Crippen LogP contribution in [0.4, 0.5) is 0 Å². The van der Waals surface area contributed by atoms with E-state index in [1.807, 2.05) is 19.1 Å². The first-order valence-electron chi connectivity index (χ1n) is 9.79. The maximum absolute atomic E-state index is 12.1. The van der Waals surface area contributed by atoms with Gasteiger partial charge in [0.15, 0.2) is 0 Å². The van der Waals surface area contributed by atoms with Crippen LogP contribution in [0.3, 0.4) is 0 Å². The minimum absolute atomic E-state index is 0.0728. The molecule has 1 N–H and O–H groups in total. The summed E-state index contributed by atoms with van der Waals surface area (Å²) in [6.07, 6.45) is 7.62. The Bertz CT molecular complexity index is 780. The number of ether oxygens (including phenoxy) is 1. The van der Waals surface area contributed by atoms with Crippen LogP contribution < -0.4 is 10.2 Å². The number of nitrogens with one attached hydrogen (secondary N) is 1. The number of aryl methyl sites for hydroxylation is 1. The van der Waals surface area contributed by atoms with E-state index in [9.17, 15) is 9.59 Å². The standard InChI is InChI=1S/C23H28N2O3/c1-3-4-5-6-7-8-22(26)25-24-17-19-11-15-21(16-12-19)28-23(27)20-13-9-18(2)10-14-20/h9-17H,3-8H2,1-2H3,(H,25,26).